The smallest absolute Gasteiger partial charge is 0.232 e. The highest BCUT2D eigenvalue weighted by atomic mass is 16.5. The molecule has 20 heavy (non-hydrogen) atoms. The molecule has 1 saturated heterocycles. The summed E-state index contributed by atoms with van der Waals surface area (Å²) < 4.78 is 10.7. The molecular weight excluding hydrogens is 258 g/mol. The zero-order valence-corrected chi connectivity index (χ0v) is 11.8. The molecule has 0 radical (unpaired) electrons. The fourth-order valence-corrected chi connectivity index (χ4v) is 2.86. The van der Waals surface area contributed by atoms with Crippen LogP contribution in [0, 0.1) is 5.92 Å². The summed E-state index contributed by atoms with van der Waals surface area (Å²) >= 11 is 0. The second-order valence-electron chi connectivity index (χ2n) is 5.12. The third-order valence-electron chi connectivity index (χ3n) is 3.84. The number of rotatable bonds is 3. The number of nitrogens with zero attached hydrogens (tertiary/aromatic N) is 2. The van der Waals surface area contributed by atoms with Gasteiger partial charge in [-0.3, -0.25) is 4.79 Å². The molecule has 2 aliphatic heterocycles. The Bertz CT molecular complexity index is 520. The molecule has 2 unspecified atom stereocenters. The number of methoxy groups -OCH3 is 1. The summed E-state index contributed by atoms with van der Waals surface area (Å²) in [7, 11) is 1.59. The van der Waals surface area contributed by atoms with Crippen molar-refractivity contribution in [1.29, 1.82) is 0 Å². The van der Waals surface area contributed by atoms with Crippen LogP contribution in [0.3, 0.4) is 0 Å². The van der Waals surface area contributed by atoms with Crippen LogP contribution in [0.15, 0.2) is 12.1 Å². The average Bonchev–Trinajstić information content (AvgIpc) is 2.91. The number of hydrogen-bond acceptors (Lipinski definition) is 5. The third-order valence-corrected chi connectivity index (χ3v) is 3.84. The zero-order chi connectivity index (χ0) is 14.1. The molecule has 1 aromatic heterocycles. The maximum Gasteiger partial charge on any atom is 0.232 e. The quantitative estimate of drug-likeness (QED) is 0.901. The van der Waals surface area contributed by atoms with E-state index in [1.54, 1.807) is 13.2 Å². The average molecular weight is 277 g/mol. The molecule has 3 rings (SSSR count). The fourth-order valence-electron chi connectivity index (χ4n) is 2.86. The van der Waals surface area contributed by atoms with Gasteiger partial charge in [-0.05, 0) is 12.5 Å². The van der Waals surface area contributed by atoms with Gasteiger partial charge in [-0.2, -0.15) is 4.98 Å². The highest BCUT2D eigenvalue weighted by Crippen LogP contribution is 2.35. The topological polar surface area (TPSA) is 63.7 Å². The number of hydrogen-bond donors (Lipinski definition) is 1. The van der Waals surface area contributed by atoms with Gasteiger partial charge in [-0.1, -0.05) is 6.92 Å². The summed E-state index contributed by atoms with van der Waals surface area (Å²) in [5.74, 6) is 1.20. The highest BCUT2D eigenvalue weighted by Gasteiger charge is 2.41. The minimum atomic E-state index is -0.137. The molecule has 6 heteroatoms. The molecule has 108 valence electrons. The zero-order valence-electron chi connectivity index (χ0n) is 11.8. The first-order valence-corrected chi connectivity index (χ1v) is 6.95. The number of ether oxygens (including phenoxy) is 2. The molecular formula is C14H19N3O3. The molecule has 0 aliphatic carbocycles. The molecule has 2 atom stereocenters. The van der Waals surface area contributed by atoms with E-state index in [0.717, 1.165) is 24.5 Å². The molecule has 1 aromatic rings. The lowest BCUT2D eigenvalue weighted by molar-refractivity contribution is -0.120. The van der Waals surface area contributed by atoms with Crippen molar-refractivity contribution in [2.75, 3.05) is 37.1 Å². The number of anilines is 2. The van der Waals surface area contributed by atoms with E-state index in [2.05, 4.69) is 22.1 Å². The van der Waals surface area contributed by atoms with E-state index >= 15 is 0 Å². The van der Waals surface area contributed by atoms with Crippen molar-refractivity contribution < 1.29 is 14.3 Å². The Morgan fingerprint density at radius 2 is 2.35 bits per heavy atom. The van der Waals surface area contributed by atoms with Crippen LogP contribution in [-0.4, -0.2) is 43.8 Å². The molecule has 6 nitrogen and oxygen atoms in total. The van der Waals surface area contributed by atoms with Crippen molar-refractivity contribution in [3.05, 3.63) is 12.1 Å². The van der Waals surface area contributed by atoms with Gasteiger partial charge in [-0.25, -0.2) is 0 Å². The molecule has 0 bridgehead atoms. The summed E-state index contributed by atoms with van der Waals surface area (Å²) in [6.07, 6.45) is 0.982. The first kappa shape index (κ1) is 13.2. The molecule has 0 spiro atoms. The number of carbonyl (C=O) groups is 1. The lowest BCUT2D eigenvalue weighted by Crippen LogP contribution is -2.43. The number of aromatic nitrogens is 1. The Labute approximate surface area is 118 Å². The van der Waals surface area contributed by atoms with Gasteiger partial charge in [0.15, 0.2) is 5.82 Å². The van der Waals surface area contributed by atoms with Crippen LogP contribution in [0.25, 0.3) is 0 Å². The van der Waals surface area contributed by atoms with Gasteiger partial charge in [0.2, 0.25) is 11.8 Å². The fraction of sp³-hybridized carbons (Fsp3) is 0.571. The SMILES string of the molecule is CCCN1c2nc(OC)ccc2NC(=O)C2COCC21. The molecule has 1 amide bonds. The lowest BCUT2D eigenvalue weighted by atomic mass is 10.0. The van der Waals surface area contributed by atoms with Gasteiger partial charge in [0, 0.05) is 12.6 Å². The normalized spacial score (nSPS) is 24.7. The third kappa shape index (κ3) is 2.10. The Balaban J connectivity index is 2.06. The summed E-state index contributed by atoms with van der Waals surface area (Å²) in [5, 5.41) is 2.95. The summed E-state index contributed by atoms with van der Waals surface area (Å²) in [5.41, 5.74) is 0.749. The van der Waals surface area contributed by atoms with Crippen molar-refractivity contribution >= 4 is 17.4 Å². The van der Waals surface area contributed by atoms with Gasteiger partial charge in [0.1, 0.15) is 0 Å². The monoisotopic (exact) mass is 277 g/mol. The van der Waals surface area contributed by atoms with Crippen LogP contribution in [0.5, 0.6) is 5.88 Å². The first-order chi connectivity index (χ1) is 9.74. The molecule has 2 aliphatic rings. The van der Waals surface area contributed by atoms with Crippen molar-refractivity contribution in [2.45, 2.75) is 19.4 Å². The van der Waals surface area contributed by atoms with Gasteiger partial charge < -0.3 is 19.7 Å². The van der Waals surface area contributed by atoms with Crippen molar-refractivity contribution in [3.63, 3.8) is 0 Å². The predicted molar refractivity (Wildman–Crippen MR) is 75.2 cm³/mol. The van der Waals surface area contributed by atoms with Crippen LogP contribution >= 0.6 is 0 Å². The standard InChI is InChI=1S/C14H19N3O3/c1-3-6-17-11-8-20-7-9(11)14(18)15-10-4-5-12(19-2)16-13(10)17/h4-5,9,11H,3,6-8H2,1-2H3,(H,15,18). The van der Waals surface area contributed by atoms with Crippen LogP contribution < -0.4 is 15.0 Å². The van der Waals surface area contributed by atoms with E-state index in [0.29, 0.717) is 19.1 Å². The van der Waals surface area contributed by atoms with Gasteiger partial charge in [-0.15, -0.1) is 0 Å². The number of carbonyl (C=O) groups excluding carboxylic acids is 1. The van der Waals surface area contributed by atoms with Crippen molar-refractivity contribution in [1.82, 2.24) is 4.98 Å². The van der Waals surface area contributed by atoms with E-state index in [9.17, 15) is 4.79 Å². The minimum Gasteiger partial charge on any atom is -0.481 e. The largest absolute Gasteiger partial charge is 0.481 e. The number of fused-ring (bicyclic) bond motifs is 2. The maximum atomic E-state index is 12.3. The van der Waals surface area contributed by atoms with Gasteiger partial charge in [0.25, 0.3) is 0 Å². The molecule has 0 aromatic carbocycles. The summed E-state index contributed by atoms with van der Waals surface area (Å²) in [6, 6.07) is 3.67. The first-order valence-electron chi connectivity index (χ1n) is 6.95. The lowest BCUT2D eigenvalue weighted by Gasteiger charge is -2.30. The minimum absolute atomic E-state index is 0.0133. The Morgan fingerprint density at radius 3 is 3.10 bits per heavy atom. The van der Waals surface area contributed by atoms with Gasteiger partial charge in [0.05, 0.1) is 38.0 Å². The number of amides is 1. The Kier molecular flexibility index (Phi) is 3.48. The van der Waals surface area contributed by atoms with Crippen LogP contribution in [0.4, 0.5) is 11.5 Å². The molecule has 3 heterocycles. The van der Waals surface area contributed by atoms with Gasteiger partial charge >= 0.3 is 0 Å². The Morgan fingerprint density at radius 1 is 1.50 bits per heavy atom. The Hall–Kier alpha value is -1.82. The summed E-state index contributed by atoms with van der Waals surface area (Å²) in [4.78, 5) is 19.0. The second kappa shape index (κ2) is 5.28. The second-order valence-corrected chi connectivity index (χ2v) is 5.12. The number of nitrogens with one attached hydrogen (secondary N) is 1. The predicted octanol–water partition coefficient (Wildman–Crippen LogP) is 1.27. The van der Waals surface area contributed by atoms with Crippen LogP contribution in [-0.2, 0) is 9.53 Å². The van der Waals surface area contributed by atoms with E-state index in [1.807, 2.05) is 6.07 Å². The molecule has 0 saturated carbocycles. The van der Waals surface area contributed by atoms with Crippen molar-refractivity contribution in [2.24, 2.45) is 5.92 Å². The van der Waals surface area contributed by atoms with E-state index < -0.39 is 0 Å². The van der Waals surface area contributed by atoms with E-state index in [4.69, 9.17) is 9.47 Å². The van der Waals surface area contributed by atoms with Crippen molar-refractivity contribution in [3.8, 4) is 5.88 Å². The summed E-state index contributed by atoms with van der Waals surface area (Å²) in [6.45, 7) is 4.00. The van der Waals surface area contributed by atoms with E-state index in [1.165, 1.54) is 0 Å². The number of pyridine rings is 1. The molecule has 1 fully saturated rings. The maximum absolute atomic E-state index is 12.3. The van der Waals surface area contributed by atoms with E-state index in [-0.39, 0.29) is 17.9 Å². The molecule has 1 N–H and O–H groups in total. The highest BCUT2D eigenvalue weighted by molar-refractivity contribution is 5.98. The van der Waals surface area contributed by atoms with Crippen LogP contribution in [0.1, 0.15) is 13.3 Å². The van der Waals surface area contributed by atoms with Crippen LogP contribution in [0.2, 0.25) is 0 Å².